The number of β-amino-alcohol motifs (C(OH)–C–C–N with tert-alkyl or cyclic N) is 1. The summed E-state index contributed by atoms with van der Waals surface area (Å²) in [4.78, 5) is 3.96. The lowest BCUT2D eigenvalue weighted by Crippen LogP contribution is -2.48. The van der Waals surface area contributed by atoms with Gasteiger partial charge in [0.2, 0.25) is 10.0 Å². The molecule has 0 bridgehead atoms. The molecule has 1 aliphatic heterocycles. The van der Waals surface area contributed by atoms with Crippen molar-refractivity contribution >= 4 is 10.0 Å². The van der Waals surface area contributed by atoms with E-state index in [0.29, 0.717) is 5.69 Å². The van der Waals surface area contributed by atoms with Gasteiger partial charge in [-0.25, -0.2) is 12.8 Å². The maximum Gasteiger partial charge on any atom is 0.245 e. The molecule has 8 nitrogen and oxygen atoms in total. The summed E-state index contributed by atoms with van der Waals surface area (Å²) < 4.78 is 46.2. The minimum atomic E-state index is -3.99. The highest BCUT2D eigenvalue weighted by molar-refractivity contribution is 7.89. The molecule has 2 heterocycles. The lowest BCUT2D eigenvalue weighted by molar-refractivity contribution is -0.0641. The van der Waals surface area contributed by atoms with Crippen LogP contribution in [0.25, 0.3) is 0 Å². The molecule has 0 spiro atoms. The predicted octanol–water partition coefficient (Wildman–Crippen LogP) is 0.576. The Morgan fingerprint density at radius 1 is 1.46 bits per heavy atom. The molecule has 2 aromatic rings. The van der Waals surface area contributed by atoms with E-state index < -0.39 is 40.7 Å². The molecule has 0 unspecified atom stereocenters. The second kappa shape index (κ2) is 7.44. The molecule has 1 aromatic heterocycles. The van der Waals surface area contributed by atoms with Crippen LogP contribution >= 0.6 is 0 Å². The standard InChI is InChI=1S/C18H18FN3O5S/c1-12-16(3-2-6-21-12)28(25,26)22-9-17(18(24,10-22)11-23)27-14-5-4-13(8-20)15(19)7-14/h2-7,17,23-24H,9-11H2,1H3/t17-,18-/m0/s1. The summed E-state index contributed by atoms with van der Waals surface area (Å²) in [5, 5.41) is 29.1. The predicted molar refractivity (Wildman–Crippen MR) is 95.3 cm³/mol. The first-order valence-electron chi connectivity index (χ1n) is 8.32. The molecule has 0 radical (unpaired) electrons. The summed E-state index contributed by atoms with van der Waals surface area (Å²) >= 11 is 0. The number of rotatable bonds is 5. The quantitative estimate of drug-likeness (QED) is 0.743. The fourth-order valence-corrected chi connectivity index (χ4v) is 4.69. The molecule has 1 aromatic carbocycles. The maximum atomic E-state index is 13.8. The number of hydrogen-bond acceptors (Lipinski definition) is 7. The molecule has 1 saturated heterocycles. The van der Waals surface area contributed by atoms with Crippen molar-refractivity contribution in [1.82, 2.24) is 9.29 Å². The Labute approximate surface area is 161 Å². The number of aryl methyl sites for hydroxylation is 1. The van der Waals surface area contributed by atoms with Crippen molar-refractivity contribution in [3.05, 3.63) is 53.6 Å². The monoisotopic (exact) mass is 407 g/mol. The van der Waals surface area contributed by atoms with Crippen LogP contribution < -0.4 is 4.74 Å². The second-order valence-corrected chi connectivity index (χ2v) is 8.41. The van der Waals surface area contributed by atoms with Gasteiger partial charge in [0.25, 0.3) is 0 Å². The van der Waals surface area contributed by atoms with Gasteiger partial charge in [-0.2, -0.15) is 9.57 Å². The number of aliphatic hydroxyl groups is 2. The average Bonchev–Trinajstić information content (AvgIpc) is 3.00. The normalized spacial score (nSPS) is 22.8. The van der Waals surface area contributed by atoms with Crippen molar-refractivity contribution in [2.45, 2.75) is 23.5 Å². The summed E-state index contributed by atoms with van der Waals surface area (Å²) in [6, 6.07) is 8.09. The molecule has 10 heteroatoms. The van der Waals surface area contributed by atoms with E-state index in [0.717, 1.165) is 10.4 Å². The number of benzene rings is 1. The van der Waals surface area contributed by atoms with Gasteiger partial charge in [-0.15, -0.1) is 0 Å². The Hall–Kier alpha value is -2.58. The number of nitriles is 1. The first-order valence-corrected chi connectivity index (χ1v) is 9.76. The Bertz CT molecular complexity index is 1040. The fraction of sp³-hybridized carbons (Fsp3) is 0.333. The van der Waals surface area contributed by atoms with Gasteiger partial charge < -0.3 is 14.9 Å². The highest BCUT2D eigenvalue weighted by Crippen LogP contribution is 2.31. The Morgan fingerprint density at radius 3 is 2.82 bits per heavy atom. The van der Waals surface area contributed by atoms with Gasteiger partial charge in [0.15, 0.2) is 0 Å². The van der Waals surface area contributed by atoms with Crippen molar-refractivity contribution in [3.63, 3.8) is 0 Å². The minimum Gasteiger partial charge on any atom is -0.486 e. The van der Waals surface area contributed by atoms with E-state index in [1.165, 1.54) is 30.5 Å². The van der Waals surface area contributed by atoms with Gasteiger partial charge in [-0.05, 0) is 31.2 Å². The zero-order valence-electron chi connectivity index (χ0n) is 14.9. The zero-order valence-corrected chi connectivity index (χ0v) is 15.7. The molecule has 2 N–H and O–H groups in total. The SMILES string of the molecule is Cc1ncccc1S(=O)(=O)N1C[C@H](Oc2ccc(C#N)c(F)c2)[C@@](O)(CO)C1. The van der Waals surface area contributed by atoms with E-state index in [9.17, 15) is 23.0 Å². The fourth-order valence-electron chi connectivity index (χ4n) is 3.01. The second-order valence-electron chi connectivity index (χ2n) is 6.51. The first-order chi connectivity index (χ1) is 13.2. The van der Waals surface area contributed by atoms with E-state index in [-0.39, 0.29) is 22.8 Å². The summed E-state index contributed by atoms with van der Waals surface area (Å²) in [5.74, 6) is -0.800. The number of aliphatic hydroxyl groups excluding tert-OH is 1. The third-order valence-corrected chi connectivity index (χ3v) is 6.55. The molecular formula is C18H18FN3O5S. The van der Waals surface area contributed by atoms with Gasteiger partial charge in [0, 0.05) is 18.8 Å². The Balaban J connectivity index is 1.89. The summed E-state index contributed by atoms with van der Waals surface area (Å²) in [6.45, 7) is 0.141. The van der Waals surface area contributed by atoms with Crippen LogP contribution in [-0.2, 0) is 10.0 Å². The number of sulfonamides is 1. The molecule has 148 valence electrons. The third-order valence-electron chi connectivity index (χ3n) is 4.61. The van der Waals surface area contributed by atoms with Crippen molar-refractivity contribution in [3.8, 4) is 11.8 Å². The topological polar surface area (TPSA) is 124 Å². The molecular weight excluding hydrogens is 389 g/mol. The van der Waals surface area contributed by atoms with Gasteiger partial charge in [0.1, 0.15) is 34.2 Å². The lowest BCUT2D eigenvalue weighted by Gasteiger charge is -2.27. The minimum absolute atomic E-state index is 0.00480. The van der Waals surface area contributed by atoms with E-state index in [4.69, 9.17) is 10.00 Å². The van der Waals surface area contributed by atoms with Crippen LogP contribution in [-0.4, -0.2) is 59.3 Å². The molecule has 0 amide bonds. The van der Waals surface area contributed by atoms with Crippen molar-refractivity contribution < 1.29 is 27.8 Å². The van der Waals surface area contributed by atoms with Crippen LogP contribution in [0.5, 0.6) is 5.75 Å². The Kier molecular flexibility index (Phi) is 5.36. The first kappa shape index (κ1) is 20.2. The summed E-state index contributed by atoms with van der Waals surface area (Å²) in [7, 11) is -3.99. The zero-order chi connectivity index (χ0) is 20.5. The van der Waals surface area contributed by atoms with Crippen LogP contribution in [0.2, 0.25) is 0 Å². The lowest BCUT2D eigenvalue weighted by atomic mass is 10.0. The number of aromatic nitrogens is 1. The highest BCUT2D eigenvalue weighted by atomic mass is 32.2. The van der Waals surface area contributed by atoms with Gasteiger partial charge in [0.05, 0.1) is 24.4 Å². The number of nitrogens with zero attached hydrogens (tertiary/aromatic N) is 3. The van der Waals surface area contributed by atoms with Gasteiger partial charge in [-0.3, -0.25) is 4.98 Å². The van der Waals surface area contributed by atoms with E-state index in [1.54, 1.807) is 13.0 Å². The van der Waals surface area contributed by atoms with Crippen LogP contribution in [0, 0.1) is 24.1 Å². The smallest absolute Gasteiger partial charge is 0.245 e. The largest absolute Gasteiger partial charge is 0.486 e. The summed E-state index contributed by atoms with van der Waals surface area (Å²) in [5.41, 5.74) is -1.76. The molecule has 2 atom stereocenters. The van der Waals surface area contributed by atoms with E-state index >= 15 is 0 Å². The van der Waals surface area contributed by atoms with Crippen LogP contribution in [0.4, 0.5) is 4.39 Å². The molecule has 3 rings (SSSR count). The van der Waals surface area contributed by atoms with Crippen molar-refractivity contribution in [2.24, 2.45) is 0 Å². The van der Waals surface area contributed by atoms with Crippen LogP contribution in [0.15, 0.2) is 41.4 Å². The highest BCUT2D eigenvalue weighted by Gasteiger charge is 2.51. The number of ether oxygens (including phenoxy) is 1. The number of halogens is 1. The maximum absolute atomic E-state index is 13.8. The van der Waals surface area contributed by atoms with Crippen LogP contribution in [0.1, 0.15) is 11.3 Å². The molecule has 1 fully saturated rings. The van der Waals surface area contributed by atoms with Crippen LogP contribution in [0.3, 0.4) is 0 Å². The molecule has 0 aliphatic carbocycles. The van der Waals surface area contributed by atoms with Crippen molar-refractivity contribution in [2.75, 3.05) is 19.7 Å². The summed E-state index contributed by atoms with van der Waals surface area (Å²) in [6.07, 6.45) is 0.324. The Morgan fingerprint density at radius 2 is 2.21 bits per heavy atom. The van der Waals surface area contributed by atoms with Gasteiger partial charge in [-0.1, -0.05) is 0 Å². The number of hydrogen-bond donors (Lipinski definition) is 2. The van der Waals surface area contributed by atoms with E-state index in [2.05, 4.69) is 4.98 Å². The van der Waals surface area contributed by atoms with E-state index in [1.807, 2.05) is 0 Å². The third kappa shape index (κ3) is 3.57. The van der Waals surface area contributed by atoms with Gasteiger partial charge >= 0.3 is 0 Å². The molecule has 0 saturated carbocycles. The average molecular weight is 407 g/mol. The molecule has 28 heavy (non-hydrogen) atoms. The number of pyridine rings is 1. The van der Waals surface area contributed by atoms with Crippen molar-refractivity contribution in [1.29, 1.82) is 5.26 Å². The molecule has 1 aliphatic rings.